The van der Waals surface area contributed by atoms with Gasteiger partial charge in [0.1, 0.15) is 5.75 Å². The maximum Gasteiger partial charge on any atom is 0.195 e. The van der Waals surface area contributed by atoms with Crippen molar-refractivity contribution >= 4 is 5.78 Å². The highest BCUT2D eigenvalue weighted by Crippen LogP contribution is 2.17. The van der Waals surface area contributed by atoms with Gasteiger partial charge < -0.3 is 4.74 Å². The number of carbonyl (C=O) groups is 1. The minimum absolute atomic E-state index is 0.0695. The van der Waals surface area contributed by atoms with E-state index in [-0.39, 0.29) is 11.9 Å². The molecule has 1 aliphatic carbocycles. The molecule has 72 valence electrons. The normalized spacial score (nSPS) is 20.9. The molecule has 1 aromatic rings. The molecule has 2 heteroatoms. The molecule has 0 amide bonds. The summed E-state index contributed by atoms with van der Waals surface area (Å²) in [4.78, 5) is 11.4. The summed E-state index contributed by atoms with van der Waals surface area (Å²) in [5, 5.41) is 0. The lowest BCUT2D eigenvalue weighted by molar-refractivity contribution is -0.121. The number of hydrogen-bond donors (Lipinski definition) is 0. The average molecular weight is 188 g/mol. The summed E-state index contributed by atoms with van der Waals surface area (Å²) < 4.78 is 5.57. The fraction of sp³-hybridized carbons (Fsp3) is 0.250. The van der Waals surface area contributed by atoms with Crippen LogP contribution < -0.4 is 4.74 Å². The second-order valence-electron chi connectivity index (χ2n) is 3.30. The minimum Gasteiger partial charge on any atom is -0.482 e. The first-order chi connectivity index (χ1) is 6.86. The summed E-state index contributed by atoms with van der Waals surface area (Å²) in [6.07, 6.45) is 4.92. The van der Waals surface area contributed by atoms with Crippen molar-refractivity contribution in [3.63, 3.8) is 0 Å². The number of para-hydroxylation sites is 1. The first kappa shape index (κ1) is 9.00. The van der Waals surface area contributed by atoms with Crippen molar-refractivity contribution in [3.8, 4) is 5.75 Å². The van der Waals surface area contributed by atoms with Crippen molar-refractivity contribution in [1.82, 2.24) is 0 Å². The van der Waals surface area contributed by atoms with E-state index in [2.05, 4.69) is 0 Å². The zero-order valence-electron chi connectivity index (χ0n) is 7.85. The Morgan fingerprint density at radius 3 is 2.71 bits per heavy atom. The number of carbonyl (C=O) groups excluding carboxylic acids is 1. The largest absolute Gasteiger partial charge is 0.482 e. The van der Waals surface area contributed by atoms with Gasteiger partial charge in [0.15, 0.2) is 11.9 Å². The van der Waals surface area contributed by atoms with Gasteiger partial charge in [0.25, 0.3) is 0 Å². The maximum absolute atomic E-state index is 11.4. The van der Waals surface area contributed by atoms with E-state index in [0.717, 1.165) is 18.6 Å². The number of hydrogen-bond acceptors (Lipinski definition) is 2. The molecular weight excluding hydrogens is 176 g/mol. The molecule has 1 atom stereocenters. The fourth-order valence-corrected chi connectivity index (χ4v) is 1.48. The summed E-state index contributed by atoms with van der Waals surface area (Å²) in [5.41, 5.74) is 0. The minimum atomic E-state index is -0.289. The van der Waals surface area contributed by atoms with Crippen molar-refractivity contribution in [2.75, 3.05) is 0 Å². The van der Waals surface area contributed by atoms with Gasteiger partial charge in [0, 0.05) is 0 Å². The predicted molar refractivity (Wildman–Crippen MR) is 54.2 cm³/mol. The van der Waals surface area contributed by atoms with Crippen molar-refractivity contribution in [2.24, 2.45) is 0 Å². The lowest BCUT2D eigenvalue weighted by Crippen LogP contribution is -2.27. The van der Waals surface area contributed by atoms with Gasteiger partial charge in [-0.05, 0) is 31.1 Å². The summed E-state index contributed by atoms with van der Waals surface area (Å²) in [6.45, 7) is 0. The average Bonchev–Trinajstić information content (AvgIpc) is 2.23. The quantitative estimate of drug-likeness (QED) is 0.712. The highest BCUT2D eigenvalue weighted by molar-refractivity contribution is 5.94. The Hall–Kier alpha value is -1.57. The number of rotatable bonds is 2. The molecule has 1 unspecified atom stereocenters. The van der Waals surface area contributed by atoms with E-state index in [0.29, 0.717) is 0 Å². The molecule has 1 aromatic carbocycles. The van der Waals surface area contributed by atoms with Crippen LogP contribution in [-0.4, -0.2) is 11.9 Å². The molecule has 0 saturated carbocycles. The van der Waals surface area contributed by atoms with E-state index in [1.807, 2.05) is 36.4 Å². The van der Waals surface area contributed by atoms with Gasteiger partial charge in [0.05, 0.1) is 0 Å². The number of ether oxygens (including phenoxy) is 1. The van der Waals surface area contributed by atoms with Gasteiger partial charge in [0.2, 0.25) is 0 Å². The second-order valence-corrected chi connectivity index (χ2v) is 3.30. The smallest absolute Gasteiger partial charge is 0.195 e. The molecule has 0 bridgehead atoms. The summed E-state index contributed by atoms with van der Waals surface area (Å²) in [6, 6.07) is 9.46. The molecule has 0 N–H and O–H groups in total. The van der Waals surface area contributed by atoms with Crippen LogP contribution in [0.15, 0.2) is 42.5 Å². The van der Waals surface area contributed by atoms with Gasteiger partial charge in [-0.25, -0.2) is 0 Å². The molecule has 2 rings (SSSR count). The third kappa shape index (κ3) is 2.02. The molecule has 0 spiro atoms. The first-order valence-corrected chi connectivity index (χ1v) is 4.78. The Kier molecular flexibility index (Phi) is 2.63. The highest BCUT2D eigenvalue weighted by atomic mass is 16.5. The molecule has 0 aromatic heterocycles. The van der Waals surface area contributed by atoms with E-state index in [1.165, 1.54) is 0 Å². The van der Waals surface area contributed by atoms with Crippen LogP contribution in [0.4, 0.5) is 0 Å². The van der Waals surface area contributed by atoms with Gasteiger partial charge in [-0.1, -0.05) is 24.3 Å². The third-order valence-electron chi connectivity index (χ3n) is 2.22. The van der Waals surface area contributed by atoms with Crippen LogP contribution in [0.3, 0.4) is 0 Å². The van der Waals surface area contributed by atoms with Crippen molar-refractivity contribution < 1.29 is 9.53 Å². The predicted octanol–water partition coefficient (Wildman–Crippen LogP) is 2.35. The Bertz CT molecular complexity index is 341. The highest BCUT2D eigenvalue weighted by Gasteiger charge is 2.19. The zero-order chi connectivity index (χ0) is 9.80. The Morgan fingerprint density at radius 2 is 2.00 bits per heavy atom. The van der Waals surface area contributed by atoms with E-state index in [9.17, 15) is 4.79 Å². The van der Waals surface area contributed by atoms with Crippen molar-refractivity contribution in [1.29, 1.82) is 0 Å². The van der Waals surface area contributed by atoms with Gasteiger partial charge in [-0.15, -0.1) is 0 Å². The number of allylic oxidation sites excluding steroid dienone is 1. The van der Waals surface area contributed by atoms with E-state index in [4.69, 9.17) is 4.74 Å². The number of ketones is 1. The van der Waals surface area contributed by atoms with Crippen molar-refractivity contribution in [3.05, 3.63) is 42.5 Å². The Balaban J connectivity index is 2.04. The van der Waals surface area contributed by atoms with Gasteiger partial charge in [-0.2, -0.15) is 0 Å². The molecular formula is C12H12O2. The SMILES string of the molecule is O=C1C=CCCC1Oc1ccccc1. The van der Waals surface area contributed by atoms with Gasteiger partial charge >= 0.3 is 0 Å². The molecule has 1 aliphatic rings. The number of benzene rings is 1. The standard InChI is InChI=1S/C12H12O2/c13-11-8-4-5-9-12(11)14-10-6-2-1-3-7-10/h1-4,6-8,12H,5,9H2. The van der Waals surface area contributed by atoms with E-state index >= 15 is 0 Å². The van der Waals surface area contributed by atoms with Crippen LogP contribution in [0.25, 0.3) is 0 Å². The van der Waals surface area contributed by atoms with E-state index < -0.39 is 0 Å². The molecule has 0 fully saturated rings. The van der Waals surface area contributed by atoms with Crippen LogP contribution in [-0.2, 0) is 4.79 Å². The topological polar surface area (TPSA) is 26.3 Å². The Morgan fingerprint density at radius 1 is 1.21 bits per heavy atom. The van der Waals surface area contributed by atoms with E-state index in [1.54, 1.807) is 6.08 Å². The molecule has 14 heavy (non-hydrogen) atoms. The van der Waals surface area contributed by atoms with Crippen LogP contribution >= 0.6 is 0 Å². The van der Waals surface area contributed by atoms with Crippen LogP contribution in [0, 0.1) is 0 Å². The summed E-state index contributed by atoms with van der Waals surface area (Å²) >= 11 is 0. The molecule has 0 aliphatic heterocycles. The zero-order valence-corrected chi connectivity index (χ0v) is 7.85. The molecule has 0 heterocycles. The van der Waals surface area contributed by atoms with Gasteiger partial charge in [-0.3, -0.25) is 4.79 Å². The first-order valence-electron chi connectivity index (χ1n) is 4.78. The summed E-state index contributed by atoms with van der Waals surface area (Å²) in [5.74, 6) is 0.834. The summed E-state index contributed by atoms with van der Waals surface area (Å²) in [7, 11) is 0. The van der Waals surface area contributed by atoms with Crippen LogP contribution in [0.5, 0.6) is 5.75 Å². The molecule has 2 nitrogen and oxygen atoms in total. The van der Waals surface area contributed by atoms with Crippen LogP contribution in [0.1, 0.15) is 12.8 Å². The monoisotopic (exact) mass is 188 g/mol. The van der Waals surface area contributed by atoms with Crippen LogP contribution in [0.2, 0.25) is 0 Å². The maximum atomic E-state index is 11.4. The van der Waals surface area contributed by atoms with Crippen molar-refractivity contribution in [2.45, 2.75) is 18.9 Å². The molecule has 0 saturated heterocycles. The third-order valence-corrected chi connectivity index (χ3v) is 2.22. The second kappa shape index (κ2) is 4.09. The molecule has 0 radical (unpaired) electrons. The Labute approximate surface area is 83.2 Å². The lowest BCUT2D eigenvalue weighted by atomic mass is 10.0. The lowest BCUT2D eigenvalue weighted by Gasteiger charge is -2.18. The fourth-order valence-electron chi connectivity index (χ4n) is 1.48.